The van der Waals surface area contributed by atoms with Crippen LogP contribution < -0.4 is 10.1 Å². The number of nitrogens with zero attached hydrogens (tertiary/aromatic N) is 1. The summed E-state index contributed by atoms with van der Waals surface area (Å²) >= 11 is 1.36. The van der Waals surface area contributed by atoms with Crippen LogP contribution in [0.3, 0.4) is 0 Å². The van der Waals surface area contributed by atoms with Crippen LogP contribution in [0.4, 0.5) is 0 Å². The molecule has 1 aliphatic rings. The fourth-order valence-corrected chi connectivity index (χ4v) is 2.92. The highest BCUT2D eigenvalue weighted by atomic mass is 32.2. The van der Waals surface area contributed by atoms with Crippen LogP contribution >= 0.6 is 11.8 Å². The van der Waals surface area contributed by atoms with Crippen LogP contribution in [0.15, 0.2) is 64.5 Å². The van der Waals surface area contributed by atoms with E-state index in [-0.39, 0.29) is 5.91 Å². The van der Waals surface area contributed by atoms with E-state index in [9.17, 15) is 4.79 Å². The van der Waals surface area contributed by atoms with Gasteiger partial charge in [0.05, 0.1) is 18.6 Å². The Morgan fingerprint density at radius 1 is 1.13 bits per heavy atom. The van der Waals surface area contributed by atoms with E-state index >= 15 is 0 Å². The lowest BCUT2D eigenvalue weighted by molar-refractivity contribution is -0.115. The van der Waals surface area contributed by atoms with Gasteiger partial charge in [-0.25, -0.2) is 0 Å². The van der Waals surface area contributed by atoms with Crippen molar-refractivity contribution in [1.29, 1.82) is 0 Å². The first kappa shape index (κ1) is 15.4. The number of aliphatic imine (C=N–C) groups is 1. The van der Waals surface area contributed by atoms with E-state index in [1.54, 1.807) is 7.11 Å². The van der Waals surface area contributed by atoms with Crippen LogP contribution in [0.2, 0.25) is 0 Å². The van der Waals surface area contributed by atoms with Crippen molar-refractivity contribution in [2.24, 2.45) is 4.99 Å². The molecule has 1 amide bonds. The third-order valence-corrected chi connectivity index (χ3v) is 4.26. The average Bonchev–Trinajstić information content (AvgIpc) is 2.94. The molecule has 0 spiro atoms. The molecular weight excluding hydrogens is 308 g/mol. The molecule has 0 atom stereocenters. The van der Waals surface area contributed by atoms with Gasteiger partial charge in [0.2, 0.25) is 0 Å². The molecule has 0 aliphatic carbocycles. The second kappa shape index (κ2) is 7.15. The number of thioether (sulfide) groups is 1. The maximum absolute atomic E-state index is 12.0. The average molecular weight is 324 g/mol. The molecule has 5 heteroatoms. The van der Waals surface area contributed by atoms with Gasteiger partial charge in [0.15, 0.2) is 5.17 Å². The van der Waals surface area contributed by atoms with Crippen molar-refractivity contribution in [3.63, 3.8) is 0 Å². The SMILES string of the molecule is COc1ccc(/C=C2/SC(=NCc3ccccc3)NC2=O)cc1. The van der Waals surface area contributed by atoms with Crippen molar-refractivity contribution in [1.82, 2.24) is 5.32 Å². The Bertz CT molecular complexity index is 752. The van der Waals surface area contributed by atoms with Gasteiger partial charge in [0.25, 0.3) is 5.91 Å². The highest BCUT2D eigenvalue weighted by Crippen LogP contribution is 2.26. The van der Waals surface area contributed by atoms with Gasteiger partial charge >= 0.3 is 0 Å². The molecule has 1 heterocycles. The summed E-state index contributed by atoms with van der Waals surface area (Å²) in [5.74, 6) is 0.679. The number of rotatable bonds is 4. The molecule has 1 saturated heterocycles. The number of benzene rings is 2. The topological polar surface area (TPSA) is 50.7 Å². The van der Waals surface area contributed by atoms with Gasteiger partial charge in [-0.2, -0.15) is 0 Å². The number of carbonyl (C=O) groups is 1. The molecule has 116 valence electrons. The lowest BCUT2D eigenvalue weighted by atomic mass is 10.2. The predicted molar refractivity (Wildman–Crippen MR) is 94.3 cm³/mol. The van der Waals surface area contributed by atoms with E-state index in [0.29, 0.717) is 16.6 Å². The second-order valence-corrected chi connectivity index (χ2v) is 5.98. The highest BCUT2D eigenvalue weighted by Gasteiger charge is 2.23. The number of hydrogen-bond acceptors (Lipinski definition) is 4. The monoisotopic (exact) mass is 324 g/mol. The Morgan fingerprint density at radius 2 is 1.87 bits per heavy atom. The summed E-state index contributed by atoms with van der Waals surface area (Å²) in [6.07, 6.45) is 1.85. The third-order valence-electron chi connectivity index (χ3n) is 3.31. The minimum Gasteiger partial charge on any atom is -0.497 e. The van der Waals surface area contributed by atoms with Gasteiger partial charge in [-0.3, -0.25) is 9.79 Å². The molecule has 0 bridgehead atoms. The van der Waals surface area contributed by atoms with Crippen molar-refractivity contribution in [2.45, 2.75) is 6.54 Å². The van der Waals surface area contributed by atoms with Crippen molar-refractivity contribution < 1.29 is 9.53 Å². The molecule has 0 radical (unpaired) electrons. The van der Waals surface area contributed by atoms with Gasteiger partial charge < -0.3 is 10.1 Å². The molecule has 0 aromatic heterocycles. The maximum Gasteiger partial charge on any atom is 0.264 e. The minimum absolute atomic E-state index is 0.113. The number of amidine groups is 1. The first-order chi connectivity index (χ1) is 11.2. The van der Waals surface area contributed by atoms with Gasteiger partial charge in [-0.15, -0.1) is 0 Å². The summed E-state index contributed by atoms with van der Waals surface area (Å²) in [4.78, 5) is 17.1. The summed E-state index contributed by atoms with van der Waals surface area (Å²) in [5.41, 5.74) is 2.06. The van der Waals surface area contributed by atoms with Crippen LogP contribution in [-0.4, -0.2) is 18.2 Å². The molecule has 2 aromatic carbocycles. The minimum atomic E-state index is -0.113. The molecular formula is C18H16N2O2S. The fraction of sp³-hybridized carbons (Fsp3) is 0.111. The van der Waals surface area contributed by atoms with Crippen LogP contribution in [0.25, 0.3) is 6.08 Å². The molecule has 2 aromatic rings. The summed E-state index contributed by atoms with van der Waals surface area (Å²) < 4.78 is 5.13. The van der Waals surface area contributed by atoms with Crippen molar-refractivity contribution >= 4 is 28.9 Å². The number of amides is 1. The molecule has 23 heavy (non-hydrogen) atoms. The molecule has 1 fully saturated rings. The van der Waals surface area contributed by atoms with Crippen molar-refractivity contribution in [3.8, 4) is 5.75 Å². The Hall–Kier alpha value is -2.53. The number of hydrogen-bond donors (Lipinski definition) is 1. The van der Waals surface area contributed by atoms with Crippen LogP contribution in [0.5, 0.6) is 5.75 Å². The number of methoxy groups -OCH3 is 1. The standard InChI is InChI=1S/C18H16N2O2S/c1-22-15-9-7-13(8-10-15)11-16-17(21)20-18(23-16)19-12-14-5-3-2-4-6-14/h2-11H,12H2,1H3,(H,19,20,21)/b16-11+. The zero-order valence-corrected chi connectivity index (χ0v) is 13.5. The quantitative estimate of drug-likeness (QED) is 0.876. The predicted octanol–water partition coefficient (Wildman–Crippen LogP) is 3.46. The summed E-state index contributed by atoms with van der Waals surface area (Å²) in [7, 11) is 1.63. The number of ether oxygens (including phenoxy) is 1. The summed E-state index contributed by atoms with van der Waals surface area (Å²) in [6, 6.07) is 17.5. The molecule has 0 unspecified atom stereocenters. The first-order valence-electron chi connectivity index (χ1n) is 7.18. The molecule has 0 saturated carbocycles. The van der Waals surface area contributed by atoms with Gasteiger partial charge in [-0.1, -0.05) is 42.5 Å². The van der Waals surface area contributed by atoms with Crippen LogP contribution in [-0.2, 0) is 11.3 Å². The zero-order chi connectivity index (χ0) is 16.1. The molecule has 3 rings (SSSR count). The number of nitrogens with one attached hydrogen (secondary N) is 1. The van der Waals surface area contributed by atoms with Gasteiger partial charge in [0, 0.05) is 0 Å². The highest BCUT2D eigenvalue weighted by molar-refractivity contribution is 8.18. The third kappa shape index (κ3) is 4.02. The van der Waals surface area contributed by atoms with E-state index in [2.05, 4.69) is 10.3 Å². The lowest BCUT2D eigenvalue weighted by Crippen LogP contribution is -2.19. The Balaban J connectivity index is 1.70. The maximum atomic E-state index is 12.0. The molecule has 1 N–H and O–H groups in total. The van der Waals surface area contributed by atoms with Crippen molar-refractivity contribution in [3.05, 3.63) is 70.6 Å². The molecule has 1 aliphatic heterocycles. The van der Waals surface area contributed by atoms with E-state index in [1.807, 2.05) is 60.7 Å². The summed E-state index contributed by atoms with van der Waals surface area (Å²) in [5, 5.41) is 3.44. The Kier molecular flexibility index (Phi) is 4.78. The zero-order valence-electron chi connectivity index (χ0n) is 12.7. The van der Waals surface area contributed by atoms with Crippen molar-refractivity contribution in [2.75, 3.05) is 7.11 Å². The van der Waals surface area contributed by atoms with Crippen LogP contribution in [0.1, 0.15) is 11.1 Å². The lowest BCUT2D eigenvalue weighted by Gasteiger charge is -1.99. The Labute approximate surface area is 139 Å². The van der Waals surface area contributed by atoms with E-state index in [1.165, 1.54) is 11.8 Å². The first-order valence-corrected chi connectivity index (χ1v) is 7.99. The van der Waals surface area contributed by atoms with E-state index in [4.69, 9.17) is 4.74 Å². The molecule has 4 nitrogen and oxygen atoms in total. The normalized spacial score (nSPS) is 17.5. The largest absolute Gasteiger partial charge is 0.497 e. The van der Waals surface area contributed by atoms with Gasteiger partial charge in [-0.05, 0) is 41.1 Å². The van der Waals surface area contributed by atoms with E-state index in [0.717, 1.165) is 16.9 Å². The second-order valence-electron chi connectivity index (χ2n) is 4.94. The fourth-order valence-electron chi connectivity index (χ4n) is 2.10. The van der Waals surface area contributed by atoms with Crippen LogP contribution in [0, 0.1) is 0 Å². The smallest absolute Gasteiger partial charge is 0.264 e. The van der Waals surface area contributed by atoms with E-state index < -0.39 is 0 Å². The Morgan fingerprint density at radius 3 is 2.57 bits per heavy atom. The van der Waals surface area contributed by atoms with Gasteiger partial charge in [0.1, 0.15) is 5.75 Å². The summed E-state index contributed by atoms with van der Waals surface area (Å²) in [6.45, 7) is 0.555. The number of carbonyl (C=O) groups excluding carboxylic acids is 1.